The summed E-state index contributed by atoms with van der Waals surface area (Å²) >= 11 is 0. The van der Waals surface area contributed by atoms with Gasteiger partial charge in [-0.15, -0.1) is 0 Å². The largest absolute Gasteiger partial charge is 0.509 e. The number of carbonyl (C=O) groups excluding carboxylic acids is 1. The van der Waals surface area contributed by atoms with Crippen LogP contribution >= 0.6 is 0 Å². The number of ether oxygens (including phenoxy) is 1. The Morgan fingerprint density at radius 2 is 2.00 bits per heavy atom. The number of carbonyl (C=O) groups is 1. The molecule has 7 nitrogen and oxygen atoms in total. The van der Waals surface area contributed by atoms with Crippen molar-refractivity contribution in [2.75, 3.05) is 18.1 Å². The Morgan fingerprint density at radius 3 is 2.77 bits per heavy atom. The molecule has 0 saturated heterocycles. The van der Waals surface area contributed by atoms with Crippen molar-refractivity contribution in [3.63, 3.8) is 0 Å². The van der Waals surface area contributed by atoms with Crippen LogP contribution in [-0.4, -0.2) is 39.6 Å². The molecule has 1 aromatic heterocycles. The molecule has 7 heteroatoms. The van der Waals surface area contributed by atoms with E-state index in [1.165, 1.54) is 0 Å². The number of para-hydroxylation sites is 2. The number of fused-ring (bicyclic) bond motifs is 1. The molecule has 0 atom stereocenters. The number of aryl methyl sites for hydroxylation is 1. The number of aromatic nitrogens is 2. The lowest BCUT2D eigenvalue weighted by molar-refractivity contribution is 0.0500. The zero-order valence-electron chi connectivity index (χ0n) is 17.8. The molecule has 0 bridgehead atoms. The van der Waals surface area contributed by atoms with Gasteiger partial charge in [-0.3, -0.25) is 5.41 Å². The molecule has 0 aliphatic carbocycles. The smallest absolute Gasteiger partial charge is 0.338 e. The van der Waals surface area contributed by atoms with Gasteiger partial charge in [-0.25, -0.2) is 9.78 Å². The number of anilines is 1. The molecule has 0 amide bonds. The Balaban J connectivity index is 1.63. The number of aliphatic hydroxyl groups excluding tert-OH is 1. The number of rotatable bonds is 7. The van der Waals surface area contributed by atoms with Crippen LogP contribution < -0.4 is 4.90 Å². The minimum Gasteiger partial charge on any atom is -0.509 e. The van der Waals surface area contributed by atoms with Crippen LogP contribution in [0.5, 0.6) is 0 Å². The van der Waals surface area contributed by atoms with Crippen molar-refractivity contribution in [2.24, 2.45) is 0 Å². The maximum Gasteiger partial charge on any atom is 0.338 e. The molecule has 2 heterocycles. The van der Waals surface area contributed by atoms with Crippen molar-refractivity contribution >= 4 is 34.1 Å². The van der Waals surface area contributed by atoms with E-state index in [2.05, 4.69) is 4.98 Å². The van der Waals surface area contributed by atoms with Crippen molar-refractivity contribution in [1.82, 2.24) is 9.55 Å². The molecule has 4 rings (SSSR count). The van der Waals surface area contributed by atoms with Crippen molar-refractivity contribution < 1.29 is 14.6 Å². The fourth-order valence-corrected chi connectivity index (χ4v) is 3.81. The fraction of sp³-hybridized carbons (Fsp3) is 0.292. The van der Waals surface area contributed by atoms with Crippen LogP contribution in [0, 0.1) is 5.41 Å². The average molecular weight is 418 g/mol. The summed E-state index contributed by atoms with van der Waals surface area (Å²) in [5, 5.41) is 19.5. The number of nitrogens with one attached hydrogen (secondary N) is 1. The van der Waals surface area contributed by atoms with E-state index in [-0.39, 0.29) is 24.1 Å². The van der Waals surface area contributed by atoms with Gasteiger partial charge in [-0.1, -0.05) is 31.5 Å². The van der Waals surface area contributed by atoms with Gasteiger partial charge >= 0.3 is 5.97 Å². The van der Waals surface area contributed by atoms with Crippen LogP contribution in [0.25, 0.3) is 16.6 Å². The first-order chi connectivity index (χ1) is 15.0. The number of imidazole rings is 1. The third-order valence-electron chi connectivity index (χ3n) is 5.42. The number of amidine groups is 1. The van der Waals surface area contributed by atoms with Crippen LogP contribution in [0.2, 0.25) is 0 Å². The summed E-state index contributed by atoms with van der Waals surface area (Å²) in [6, 6.07) is 14.7. The lowest BCUT2D eigenvalue weighted by Gasteiger charge is -2.19. The summed E-state index contributed by atoms with van der Waals surface area (Å²) in [4.78, 5) is 18.7. The number of aliphatic hydroxyl groups is 1. The first-order valence-electron chi connectivity index (χ1n) is 10.6. The van der Waals surface area contributed by atoms with E-state index in [1.54, 1.807) is 23.1 Å². The highest BCUT2D eigenvalue weighted by Gasteiger charge is 2.32. The van der Waals surface area contributed by atoms with Crippen LogP contribution in [0.3, 0.4) is 0 Å². The molecule has 2 N–H and O–H groups in total. The molecule has 3 aromatic rings. The quantitative estimate of drug-likeness (QED) is 0.426. The van der Waals surface area contributed by atoms with Gasteiger partial charge in [0.1, 0.15) is 17.4 Å². The van der Waals surface area contributed by atoms with E-state index in [0.29, 0.717) is 35.8 Å². The van der Waals surface area contributed by atoms with E-state index in [1.807, 2.05) is 48.7 Å². The maximum atomic E-state index is 12.3. The molecular formula is C24H26N4O3. The highest BCUT2D eigenvalue weighted by molar-refractivity contribution is 6.30. The van der Waals surface area contributed by atoms with Crippen LogP contribution in [0.4, 0.5) is 5.69 Å². The molecule has 0 saturated carbocycles. The lowest BCUT2D eigenvalue weighted by Crippen LogP contribution is -2.26. The topological polar surface area (TPSA) is 91.4 Å². The van der Waals surface area contributed by atoms with Gasteiger partial charge in [0.15, 0.2) is 0 Å². The van der Waals surface area contributed by atoms with Gasteiger partial charge in [0.05, 0.1) is 35.3 Å². The average Bonchev–Trinajstić information content (AvgIpc) is 3.29. The lowest BCUT2D eigenvalue weighted by atomic mass is 10.2. The van der Waals surface area contributed by atoms with E-state index < -0.39 is 0 Å². The summed E-state index contributed by atoms with van der Waals surface area (Å²) in [5.41, 5.74) is 3.27. The highest BCUT2D eigenvalue weighted by Crippen LogP contribution is 2.32. The molecule has 31 heavy (non-hydrogen) atoms. The molecule has 0 fully saturated rings. The fourth-order valence-electron chi connectivity index (χ4n) is 3.81. The van der Waals surface area contributed by atoms with E-state index in [9.17, 15) is 9.90 Å². The van der Waals surface area contributed by atoms with Gasteiger partial charge in [0, 0.05) is 12.2 Å². The standard InChI is InChI=1S/C24H26N4O3/c1-3-5-13-31-24(30)16-9-8-10-17(14-16)28-15-20(29)21(22(28)25)23-26-18-11-6-7-12-19(18)27(23)4-2/h6-12,14,25,29H,3-5,13,15H2,1-2H3. The van der Waals surface area contributed by atoms with E-state index in [4.69, 9.17) is 10.1 Å². The van der Waals surface area contributed by atoms with Gasteiger partial charge in [0.2, 0.25) is 0 Å². The first-order valence-corrected chi connectivity index (χ1v) is 10.6. The number of hydrogen-bond donors (Lipinski definition) is 2. The normalized spacial score (nSPS) is 14.0. The Hall–Kier alpha value is -3.61. The summed E-state index contributed by atoms with van der Waals surface area (Å²) < 4.78 is 7.30. The number of esters is 1. The summed E-state index contributed by atoms with van der Waals surface area (Å²) in [6.45, 7) is 5.25. The third kappa shape index (κ3) is 3.79. The van der Waals surface area contributed by atoms with Crippen molar-refractivity contribution in [3.8, 4) is 0 Å². The van der Waals surface area contributed by atoms with Crippen LogP contribution in [0.1, 0.15) is 42.9 Å². The van der Waals surface area contributed by atoms with E-state index in [0.717, 1.165) is 23.9 Å². The molecule has 0 unspecified atom stereocenters. The van der Waals surface area contributed by atoms with Crippen LogP contribution in [-0.2, 0) is 11.3 Å². The summed E-state index contributed by atoms with van der Waals surface area (Å²) in [5.74, 6) is 0.431. The minimum absolute atomic E-state index is 0.0888. The Bertz CT molecular complexity index is 1180. The van der Waals surface area contributed by atoms with Crippen molar-refractivity contribution in [1.29, 1.82) is 5.41 Å². The number of benzene rings is 2. The zero-order chi connectivity index (χ0) is 22.0. The molecule has 1 aliphatic heterocycles. The highest BCUT2D eigenvalue weighted by atomic mass is 16.5. The third-order valence-corrected chi connectivity index (χ3v) is 5.42. The van der Waals surface area contributed by atoms with Gasteiger partial charge in [0.25, 0.3) is 0 Å². The van der Waals surface area contributed by atoms with Gasteiger partial charge < -0.3 is 19.3 Å². The van der Waals surface area contributed by atoms with Crippen LogP contribution in [0.15, 0.2) is 54.3 Å². The predicted octanol–water partition coefficient (Wildman–Crippen LogP) is 4.78. The summed E-state index contributed by atoms with van der Waals surface area (Å²) in [6.07, 6.45) is 1.77. The molecule has 0 spiro atoms. The Kier molecular flexibility index (Phi) is 5.75. The monoisotopic (exact) mass is 418 g/mol. The van der Waals surface area contributed by atoms with Gasteiger partial charge in [-0.2, -0.15) is 0 Å². The molecule has 160 valence electrons. The molecule has 2 aromatic carbocycles. The number of unbranched alkanes of at least 4 members (excludes halogenated alkanes) is 1. The summed E-state index contributed by atoms with van der Waals surface area (Å²) in [7, 11) is 0. The second-order valence-corrected chi connectivity index (χ2v) is 7.46. The molecule has 1 aliphatic rings. The Labute approximate surface area is 181 Å². The molecular weight excluding hydrogens is 392 g/mol. The number of nitrogens with zero attached hydrogens (tertiary/aromatic N) is 3. The van der Waals surface area contributed by atoms with Crippen molar-refractivity contribution in [3.05, 3.63) is 65.7 Å². The van der Waals surface area contributed by atoms with Crippen molar-refractivity contribution in [2.45, 2.75) is 33.2 Å². The minimum atomic E-state index is -0.383. The van der Waals surface area contributed by atoms with Gasteiger partial charge in [-0.05, 0) is 43.7 Å². The SMILES string of the molecule is CCCCOC(=O)c1cccc(N2CC(O)=C(c3nc4ccccc4n3CC)C2=N)c1. The van der Waals surface area contributed by atoms with E-state index >= 15 is 0 Å². The molecule has 0 radical (unpaired) electrons. The number of hydrogen-bond acceptors (Lipinski definition) is 5. The second-order valence-electron chi connectivity index (χ2n) is 7.46. The zero-order valence-corrected chi connectivity index (χ0v) is 17.8. The maximum absolute atomic E-state index is 12.3. The predicted molar refractivity (Wildman–Crippen MR) is 122 cm³/mol. The second kappa shape index (κ2) is 8.63. The Morgan fingerprint density at radius 1 is 1.19 bits per heavy atom. The first kappa shape index (κ1) is 20.7.